The van der Waals surface area contributed by atoms with Crippen LogP contribution in [0.15, 0.2) is 0 Å². The topological polar surface area (TPSA) is 9.23 Å². The molecule has 2 heteroatoms. The van der Waals surface area contributed by atoms with Gasteiger partial charge in [-0.1, -0.05) is 42.4 Å². The molecule has 0 bridgehead atoms. The maximum absolute atomic E-state index is 6.26. The van der Waals surface area contributed by atoms with Crippen molar-refractivity contribution in [3.8, 4) is 0 Å². The smallest absolute Gasteiger partial charge is 0.0775 e. The molecule has 2 fully saturated rings. The zero-order chi connectivity index (χ0) is 10.7. The fourth-order valence-electron chi connectivity index (χ4n) is 2.72. The minimum Gasteiger partial charge on any atom is -0.371 e. The van der Waals surface area contributed by atoms with Gasteiger partial charge in [-0.2, -0.15) is 0 Å². The fraction of sp³-hybridized carbons (Fsp3) is 1.00. The largest absolute Gasteiger partial charge is 0.371 e. The first-order valence-corrected chi connectivity index (χ1v) is 8.04. The van der Waals surface area contributed by atoms with E-state index in [1.807, 2.05) is 0 Å². The predicted octanol–water partition coefficient (Wildman–Crippen LogP) is 4.33. The first kappa shape index (κ1) is 12.2. The SMILES string of the molecule is CCCC1CCC(CI)(OC2CC2)CC1. The first-order valence-electron chi connectivity index (χ1n) is 6.52. The van der Waals surface area contributed by atoms with Gasteiger partial charge in [-0.15, -0.1) is 0 Å². The lowest BCUT2D eigenvalue weighted by Gasteiger charge is -2.39. The summed E-state index contributed by atoms with van der Waals surface area (Å²) >= 11 is 2.52. The van der Waals surface area contributed by atoms with Crippen LogP contribution in [0.4, 0.5) is 0 Å². The minimum absolute atomic E-state index is 0.270. The van der Waals surface area contributed by atoms with Crippen molar-refractivity contribution in [2.45, 2.75) is 70.0 Å². The third kappa shape index (κ3) is 3.32. The first-order chi connectivity index (χ1) is 7.28. The highest BCUT2D eigenvalue weighted by Gasteiger charge is 2.39. The van der Waals surface area contributed by atoms with Crippen molar-refractivity contribution in [2.75, 3.05) is 4.43 Å². The lowest BCUT2D eigenvalue weighted by Crippen LogP contribution is -2.39. The van der Waals surface area contributed by atoms with E-state index in [9.17, 15) is 0 Å². The van der Waals surface area contributed by atoms with Crippen LogP contribution in [-0.4, -0.2) is 16.1 Å². The molecule has 88 valence electrons. The molecule has 2 aliphatic carbocycles. The summed E-state index contributed by atoms with van der Waals surface area (Å²) in [6.07, 6.45) is 11.5. The predicted molar refractivity (Wildman–Crippen MR) is 72.6 cm³/mol. The van der Waals surface area contributed by atoms with Crippen molar-refractivity contribution in [1.29, 1.82) is 0 Å². The van der Waals surface area contributed by atoms with E-state index in [0.29, 0.717) is 6.10 Å². The van der Waals surface area contributed by atoms with Gasteiger partial charge in [-0.3, -0.25) is 0 Å². The summed E-state index contributed by atoms with van der Waals surface area (Å²) < 4.78 is 7.45. The second-order valence-electron chi connectivity index (χ2n) is 5.37. The lowest BCUT2D eigenvalue weighted by atomic mass is 9.78. The molecule has 0 radical (unpaired) electrons. The monoisotopic (exact) mass is 322 g/mol. The van der Waals surface area contributed by atoms with Crippen molar-refractivity contribution < 1.29 is 4.74 Å². The Hall–Kier alpha value is 0.690. The maximum atomic E-state index is 6.26. The summed E-state index contributed by atoms with van der Waals surface area (Å²) in [5.74, 6) is 0.994. The second kappa shape index (κ2) is 5.35. The molecule has 0 heterocycles. The summed E-state index contributed by atoms with van der Waals surface area (Å²) in [4.78, 5) is 0. The molecule has 0 unspecified atom stereocenters. The quantitative estimate of drug-likeness (QED) is 0.541. The number of hydrogen-bond acceptors (Lipinski definition) is 1. The molecule has 0 saturated heterocycles. The van der Waals surface area contributed by atoms with Crippen molar-refractivity contribution in [3.05, 3.63) is 0 Å². The highest BCUT2D eigenvalue weighted by atomic mass is 127. The molecule has 2 rings (SSSR count). The van der Waals surface area contributed by atoms with Crippen LogP contribution >= 0.6 is 22.6 Å². The zero-order valence-corrected chi connectivity index (χ0v) is 12.0. The van der Waals surface area contributed by atoms with E-state index in [1.165, 1.54) is 55.8 Å². The maximum Gasteiger partial charge on any atom is 0.0775 e. The fourth-order valence-corrected chi connectivity index (χ4v) is 3.67. The van der Waals surface area contributed by atoms with Gasteiger partial charge in [-0.25, -0.2) is 0 Å². The Morgan fingerprint density at radius 3 is 2.33 bits per heavy atom. The Balaban J connectivity index is 1.81. The van der Waals surface area contributed by atoms with Crippen LogP contribution in [0.2, 0.25) is 0 Å². The molecule has 0 aliphatic heterocycles. The van der Waals surface area contributed by atoms with Gasteiger partial charge in [0.1, 0.15) is 0 Å². The van der Waals surface area contributed by atoms with E-state index in [4.69, 9.17) is 4.74 Å². The number of alkyl halides is 1. The Kier molecular flexibility index (Phi) is 4.33. The van der Waals surface area contributed by atoms with Crippen molar-refractivity contribution >= 4 is 22.6 Å². The summed E-state index contributed by atoms with van der Waals surface area (Å²) in [5.41, 5.74) is 0.270. The van der Waals surface area contributed by atoms with Crippen LogP contribution < -0.4 is 0 Å². The highest BCUT2D eigenvalue weighted by molar-refractivity contribution is 14.1. The molecule has 1 nitrogen and oxygen atoms in total. The number of hydrogen-bond donors (Lipinski definition) is 0. The zero-order valence-electron chi connectivity index (χ0n) is 9.80. The molecule has 0 N–H and O–H groups in total. The molecule has 15 heavy (non-hydrogen) atoms. The van der Waals surface area contributed by atoms with E-state index >= 15 is 0 Å². The van der Waals surface area contributed by atoms with Gasteiger partial charge >= 0.3 is 0 Å². The molecule has 0 aromatic heterocycles. The van der Waals surface area contributed by atoms with Crippen LogP contribution in [0.5, 0.6) is 0 Å². The van der Waals surface area contributed by atoms with Crippen molar-refractivity contribution in [1.82, 2.24) is 0 Å². The summed E-state index contributed by atoms with van der Waals surface area (Å²) in [6, 6.07) is 0. The Morgan fingerprint density at radius 1 is 1.20 bits per heavy atom. The van der Waals surface area contributed by atoms with E-state index < -0.39 is 0 Å². The van der Waals surface area contributed by atoms with Gasteiger partial charge in [0, 0.05) is 4.43 Å². The number of ether oxygens (including phenoxy) is 1. The van der Waals surface area contributed by atoms with Crippen LogP contribution in [0.3, 0.4) is 0 Å². The third-order valence-corrected chi connectivity index (χ3v) is 5.29. The van der Waals surface area contributed by atoms with Crippen molar-refractivity contribution in [3.63, 3.8) is 0 Å². The highest BCUT2D eigenvalue weighted by Crippen LogP contribution is 2.41. The Labute approximate surface area is 107 Å². The average molecular weight is 322 g/mol. The normalized spacial score (nSPS) is 36.8. The molecule has 2 aliphatic rings. The average Bonchev–Trinajstić information content (AvgIpc) is 3.06. The van der Waals surface area contributed by atoms with Gasteiger partial charge in [0.2, 0.25) is 0 Å². The minimum atomic E-state index is 0.270. The molecule has 0 spiro atoms. The summed E-state index contributed by atoms with van der Waals surface area (Å²) in [6.45, 7) is 2.31. The third-order valence-electron chi connectivity index (χ3n) is 3.90. The molecule has 0 amide bonds. The lowest BCUT2D eigenvalue weighted by molar-refractivity contribution is -0.0693. The molecule has 0 aromatic carbocycles. The molecule has 0 atom stereocenters. The van der Waals surface area contributed by atoms with Crippen LogP contribution in [0.1, 0.15) is 58.3 Å². The second-order valence-corrected chi connectivity index (χ2v) is 6.13. The van der Waals surface area contributed by atoms with Crippen LogP contribution in [-0.2, 0) is 4.74 Å². The number of rotatable bonds is 5. The summed E-state index contributed by atoms with van der Waals surface area (Å²) in [7, 11) is 0. The standard InChI is InChI=1S/C13H23IO/c1-2-3-11-6-8-13(10-14,9-7-11)15-12-4-5-12/h11-12H,2-10H2,1H3. The van der Waals surface area contributed by atoms with E-state index in [-0.39, 0.29) is 5.60 Å². The van der Waals surface area contributed by atoms with E-state index in [2.05, 4.69) is 29.5 Å². The van der Waals surface area contributed by atoms with E-state index in [1.54, 1.807) is 0 Å². The van der Waals surface area contributed by atoms with Crippen LogP contribution in [0.25, 0.3) is 0 Å². The van der Waals surface area contributed by atoms with Gasteiger partial charge in [0.25, 0.3) is 0 Å². The molecule has 0 aromatic rings. The Bertz CT molecular complexity index is 193. The van der Waals surface area contributed by atoms with Crippen molar-refractivity contribution in [2.24, 2.45) is 5.92 Å². The molecule has 2 saturated carbocycles. The van der Waals surface area contributed by atoms with Gasteiger partial charge in [-0.05, 0) is 44.4 Å². The number of halogens is 1. The Morgan fingerprint density at radius 2 is 1.87 bits per heavy atom. The molecular weight excluding hydrogens is 299 g/mol. The van der Waals surface area contributed by atoms with Gasteiger partial charge in [0.05, 0.1) is 11.7 Å². The van der Waals surface area contributed by atoms with Gasteiger partial charge < -0.3 is 4.74 Å². The van der Waals surface area contributed by atoms with Crippen LogP contribution in [0, 0.1) is 5.92 Å². The van der Waals surface area contributed by atoms with Gasteiger partial charge in [0.15, 0.2) is 0 Å². The summed E-state index contributed by atoms with van der Waals surface area (Å²) in [5, 5.41) is 0. The van der Waals surface area contributed by atoms with E-state index in [0.717, 1.165) is 5.92 Å². The molecular formula is C13H23IO.